The average Bonchev–Trinajstić information content (AvgIpc) is 2.86. The van der Waals surface area contributed by atoms with Crippen LogP contribution < -0.4 is 0 Å². The van der Waals surface area contributed by atoms with Crippen molar-refractivity contribution in [3.63, 3.8) is 0 Å². The summed E-state index contributed by atoms with van der Waals surface area (Å²) in [4.78, 5) is 12.1. The van der Waals surface area contributed by atoms with E-state index >= 15 is 0 Å². The Bertz CT molecular complexity index is 515. The SMILES string of the molecule is CCCCCCCCCCCCCCCCC(C)CC(C)CC(C)CC(C)(CCCCCCCC)C(=O)O. The highest BCUT2D eigenvalue weighted by molar-refractivity contribution is 5.74. The zero-order valence-corrected chi connectivity index (χ0v) is 27.3. The van der Waals surface area contributed by atoms with Crippen LogP contribution in [0.1, 0.15) is 202 Å². The molecule has 2 nitrogen and oxygen atoms in total. The van der Waals surface area contributed by atoms with Crippen LogP contribution in [0.3, 0.4) is 0 Å². The molecule has 0 aliphatic rings. The fourth-order valence-electron chi connectivity index (χ4n) is 6.72. The molecule has 4 unspecified atom stereocenters. The lowest BCUT2D eigenvalue weighted by Crippen LogP contribution is -2.30. The number of aliphatic carboxylic acids is 1. The van der Waals surface area contributed by atoms with Gasteiger partial charge in [0.25, 0.3) is 0 Å². The van der Waals surface area contributed by atoms with Crippen molar-refractivity contribution in [2.75, 3.05) is 0 Å². The first kappa shape index (κ1) is 37.5. The lowest BCUT2D eigenvalue weighted by Gasteiger charge is -2.30. The van der Waals surface area contributed by atoms with E-state index in [1.807, 2.05) is 6.92 Å². The highest BCUT2D eigenvalue weighted by atomic mass is 16.4. The van der Waals surface area contributed by atoms with Gasteiger partial charge in [0.15, 0.2) is 0 Å². The fraction of sp³-hybridized carbons (Fsp3) is 0.972. The summed E-state index contributed by atoms with van der Waals surface area (Å²) in [6.45, 7) is 13.7. The van der Waals surface area contributed by atoms with Crippen molar-refractivity contribution < 1.29 is 9.90 Å². The van der Waals surface area contributed by atoms with Gasteiger partial charge in [0, 0.05) is 0 Å². The predicted molar refractivity (Wildman–Crippen MR) is 170 cm³/mol. The molecule has 0 saturated heterocycles. The van der Waals surface area contributed by atoms with Gasteiger partial charge in [-0.05, 0) is 50.4 Å². The van der Waals surface area contributed by atoms with Gasteiger partial charge in [-0.25, -0.2) is 0 Å². The molecule has 1 N–H and O–H groups in total. The van der Waals surface area contributed by atoms with Crippen LogP contribution in [0.15, 0.2) is 0 Å². The number of carbonyl (C=O) groups is 1. The first-order valence-electron chi connectivity index (χ1n) is 17.5. The first-order chi connectivity index (χ1) is 18.2. The fourth-order valence-corrected chi connectivity index (χ4v) is 6.72. The maximum absolute atomic E-state index is 12.1. The number of rotatable bonds is 29. The molecule has 2 heteroatoms. The Morgan fingerprint density at radius 2 is 0.921 bits per heavy atom. The second-order valence-electron chi connectivity index (χ2n) is 13.8. The number of unbranched alkanes of at least 4 members (excludes halogenated alkanes) is 18. The molecule has 0 bridgehead atoms. The highest BCUT2D eigenvalue weighted by Crippen LogP contribution is 2.36. The van der Waals surface area contributed by atoms with Gasteiger partial charge in [-0.15, -0.1) is 0 Å². The molecule has 0 saturated carbocycles. The first-order valence-corrected chi connectivity index (χ1v) is 17.5. The monoisotopic (exact) mass is 537 g/mol. The number of carboxylic acids is 1. The normalized spacial score (nSPS) is 15.7. The van der Waals surface area contributed by atoms with Crippen LogP contribution in [0.4, 0.5) is 0 Å². The van der Waals surface area contributed by atoms with Gasteiger partial charge < -0.3 is 5.11 Å². The number of hydrogen-bond acceptors (Lipinski definition) is 1. The molecule has 0 rings (SSSR count). The number of carboxylic acid groups (broad SMARTS) is 1. The van der Waals surface area contributed by atoms with E-state index in [4.69, 9.17) is 0 Å². The summed E-state index contributed by atoms with van der Waals surface area (Å²) in [7, 11) is 0. The summed E-state index contributed by atoms with van der Waals surface area (Å²) in [6, 6.07) is 0. The predicted octanol–water partition coefficient (Wildman–Crippen LogP) is 12.8. The zero-order valence-electron chi connectivity index (χ0n) is 27.3. The third-order valence-corrected chi connectivity index (χ3v) is 9.06. The van der Waals surface area contributed by atoms with Crippen LogP contribution >= 0.6 is 0 Å². The van der Waals surface area contributed by atoms with Crippen LogP contribution in [0, 0.1) is 23.2 Å². The maximum Gasteiger partial charge on any atom is 0.309 e. The van der Waals surface area contributed by atoms with Gasteiger partial charge in [-0.3, -0.25) is 4.79 Å². The topological polar surface area (TPSA) is 37.3 Å². The summed E-state index contributed by atoms with van der Waals surface area (Å²) in [5.74, 6) is 1.39. The van der Waals surface area contributed by atoms with E-state index in [2.05, 4.69) is 34.6 Å². The summed E-state index contributed by atoms with van der Waals surface area (Å²) < 4.78 is 0. The van der Waals surface area contributed by atoms with E-state index in [1.54, 1.807) is 0 Å². The highest BCUT2D eigenvalue weighted by Gasteiger charge is 2.34. The third kappa shape index (κ3) is 22.3. The Hall–Kier alpha value is -0.530. The summed E-state index contributed by atoms with van der Waals surface area (Å²) in [6.07, 6.45) is 32.9. The zero-order chi connectivity index (χ0) is 28.5. The Morgan fingerprint density at radius 3 is 1.34 bits per heavy atom. The van der Waals surface area contributed by atoms with E-state index in [0.29, 0.717) is 11.8 Å². The molecule has 0 spiro atoms. The van der Waals surface area contributed by atoms with Gasteiger partial charge >= 0.3 is 5.97 Å². The van der Waals surface area contributed by atoms with Crippen molar-refractivity contribution in [2.24, 2.45) is 23.2 Å². The molecule has 0 heterocycles. The van der Waals surface area contributed by atoms with Crippen molar-refractivity contribution in [3.8, 4) is 0 Å². The van der Waals surface area contributed by atoms with Crippen LogP contribution in [0.5, 0.6) is 0 Å². The Labute approximate surface area is 240 Å². The van der Waals surface area contributed by atoms with E-state index < -0.39 is 11.4 Å². The van der Waals surface area contributed by atoms with Gasteiger partial charge in [0.1, 0.15) is 0 Å². The second-order valence-corrected chi connectivity index (χ2v) is 13.8. The molecule has 228 valence electrons. The van der Waals surface area contributed by atoms with Crippen molar-refractivity contribution in [2.45, 2.75) is 202 Å². The van der Waals surface area contributed by atoms with Crippen molar-refractivity contribution in [1.82, 2.24) is 0 Å². The van der Waals surface area contributed by atoms with Crippen LogP contribution in [-0.2, 0) is 4.79 Å². The minimum Gasteiger partial charge on any atom is -0.481 e. The van der Waals surface area contributed by atoms with E-state index in [9.17, 15) is 9.90 Å². The average molecular weight is 537 g/mol. The molecule has 38 heavy (non-hydrogen) atoms. The van der Waals surface area contributed by atoms with Gasteiger partial charge in [-0.2, -0.15) is 0 Å². The summed E-state index contributed by atoms with van der Waals surface area (Å²) in [5.41, 5.74) is -0.552. The van der Waals surface area contributed by atoms with Gasteiger partial charge in [0.2, 0.25) is 0 Å². The van der Waals surface area contributed by atoms with Gasteiger partial charge in [0.05, 0.1) is 5.41 Å². The van der Waals surface area contributed by atoms with Crippen molar-refractivity contribution in [3.05, 3.63) is 0 Å². The van der Waals surface area contributed by atoms with E-state index in [1.165, 1.54) is 141 Å². The van der Waals surface area contributed by atoms with Gasteiger partial charge in [-0.1, -0.05) is 169 Å². The standard InChI is InChI=1S/C36H72O2/c1-7-9-11-13-15-16-17-18-19-20-21-22-23-25-27-32(3)29-33(4)30-34(5)31-36(6,35(37)38)28-26-24-14-12-10-8-2/h32-34H,7-31H2,1-6H3,(H,37,38). The molecule has 0 radical (unpaired) electrons. The van der Waals surface area contributed by atoms with Crippen LogP contribution in [0.2, 0.25) is 0 Å². The molecule has 0 amide bonds. The summed E-state index contributed by atoms with van der Waals surface area (Å²) >= 11 is 0. The Morgan fingerprint density at radius 1 is 0.553 bits per heavy atom. The minimum atomic E-state index is -0.586. The van der Waals surface area contributed by atoms with E-state index in [-0.39, 0.29) is 0 Å². The molecule has 0 aliphatic heterocycles. The smallest absolute Gasteiger partial charge is 0.309 e. The molecular formula is C36H72O2. The Kier molecular flexibility index (Phi) is 25.1. The molecule has 0 aliphatic carbocycles. The van der Waals surface area contributed by atoms with E-state index in [0.717, 1.165) is 25.2 Å². The lowest BCUT2D eigenvalue weighted by atomic mass is 9.75. The quantitative estimate of drug-likeness (QED) is 0.0965. The molecule has 0 fully saturated rings. The largest absolute Gasteiger partial charge is 0.481 e. The van der Waals surface area contributed by atoms with Crippen molar-refractivity contribution >= 4 is 5.97 Å². The minimum absolute atomic E-state index is 0.486. The molecule has 0 aromatic rings. The molecular weight excluding hydrogens is 464 g/mol. The molecule has 0 aromatic heterocycles. The molecule has 4 atom stereocenters. The Balaban J connectivity index is 3.86. The van der Waals surface area contributed by atoms with Crippen LogP contribution in [-0.4, -0.2) is 11.1 Å². The second kappa shape index (κ2) is 25.4. The maximum atomic E-state index is 12.1. The lowest BCUT2D eigenvalue weighted by molar-refractivity contribution is -0.149. The number of hydrogen-bond donors (Lipinski definition) is 1. The molecule has 0 aromatic carbocycles. The van der Waals surface area contributed by atoms with Crippen molar-refractivity contribution in [1.29, 1.82) is 0 Å². The third-order valence-electron chi connectivity index (χ3n) is 9.06. The van der Waals surface area contributed by atoms with Crippen LogP contribution in [0.25, 0.3) is 0 Å². The summed E-state index contributed by atoms with van der Waals surface area (Å²) in [5, 5.41) is 9.96.